The predicted molar refractivity (Wildman–Crippen MR) is 86.3 cm³/mol. The number of hydrogen-bond donors (Lipinski definition) is 0. The van der Waals surface area contributed by atoms with Gasteiger partial charge in [-0.25, -0.2) is 0 Å². The van der Waals surface area contributed by atoms with Crippen molar-refractivity contribution < 1.29 is 0 Å². The zero-order valence-corrected chi connectivity index (χ0v) is 13.0. The van der Waals surface area contributed by atoms with E-state index in [1.54, 1.807) is 0 Å². The zero-order valence-electron chi connectivity index (χ0n) is 13.0. The molecule has 106 valence electrons. The van der Waals surface area contributed by atoms with Crippen molar-refractivity contribution in [2.45, 2.75) is 46.6 Å². The van der Waals surface area contributed by atoms with E-state index >= 15 is 0 Å². The summed E-state index contributed by atoms with van der Waals surface area (Å²) in [6.45, 7) is 11.1. The third-order valence-electron chi connectivity index (χ3n) is 3.86. The molecule has 2 atom stereocenters. The van der Waals surface area contributed by atoms with E-state index in [0.29, 0.717) is 12.0 Å². The van der Waals surface area contributed by atoms with Gasteiger partial charge in [0, 0.05) is 6.04 Å². The highest BCUT2D eigenvalue weighted by Gasteiger charge is 2.30. The van der Waals surface area contributed by atoms with Crippen molar-refractivity contribution in [2.24, 2.45) is 5.92 Å². The van der Waals surface area contributed by atoms with Gasteiger partial charge in [-0.15, -0.1) is 0 Å². The second kappa shape index (κ2) is 8.92. The molecule has 0 aromatic carbocycles. The van der Waals surface area contributed by atoms with Crippen LogP contribution < -0.4 is 0 Å². The second-order valence-electron chi connectivity index (χ2n) is 5.11. The van der Waals surface area contributed by atoms with Crippen molar-refractivity contribution in [2.75, 3.05) is 13.1 Å². The molecule has 0 N–H and O–H groups in total. The predicted octanol–water partition coefficient (Wildman–Crippen LogP) is 4.74. The first-order chi connectivity index (χ1) is 9.28. The third-order valence-corrected chi connectivity index (χ3v) is 3.86. The lowest BCUT2D eigenvalue weighted by molar-refractivity contribution is 0.113. The summed E-state index contributed by atoms with van der Waals surface area (Å²) in [5.41, 5.74) is 1.46. The molecule has 1 saturated heterocycles. The fourth-order valence-corrected chi connectivity index (χ4v) is 2.69. The molecule has 2 unspecified atom stereocenters. The molecule has 0 amide bonds. The average molecular weight is 259 g/mol. The van der Waals surface area contributed by atoms with Crippen LogP contribution in [0.3, 0.4) is 0 Å². The molecule has 1 heteroatoms. The maximum atomic E-state index is 2.61. The van der Waals surface area contributed by atoms with Crippen LogP contribution in [0.4, 0.5) is 0 Å². The first-order valence-corrected chi connectivity index (χ1v) is 7.60. The van der Waals surface area contributed by atoms with E-state index < -0.39 is 0 Å². The summed E-state index contributed by atoms with van der Waals surface area (Å²) in [7, 11) is 0. The van der Waals surface area contributed by atoms with Crippen LogP contribution in [0.15, 0.2) is 48.1 Å². The van der Waals surface area contributed by atoms with Gasteiger partial charge in [-0.3, -0.25) is 4.90 Å². The van der Waals surface area contributed by atoms with Crippen molar-refractivity contribution in [1.82, 2.24) is 4.90 Å². The number of nitrogens with zero attached hydrogens (tertiary/aromatic N) is 1. The molecular weight excluding hydrogens is 230 g/mol. The van der Waals surface area contributed by atoms with E-state index in [-0.39, 0.29) is 0 Å². The fourth-order valence-electron chi connectivity index (χ4n) is 2.69. The maximum absolute atomic E-state index is 2.61. The summed E-state index contributed by atoms with van der Waals surface area (Å²) in [6.07, 6.45) is 18.0. The Morgan fingerprint density at radius 1 is 1.11 bits per heavy atom. The van der Waals surface area contributed by atoms with Crippen LogP contribution in [-0.2, 0) is 0 Å². The number of allylic oxidation sites excluding steroid dienone is 5. The SMILES string of the molecule is C/C=C\C=C/C(CC)C(C(/C=C\C)=C/C)N1CCC1. The van der Waals surface area contributed by atoms with Gasteiger partial charge >= 0.3 is 0 Å². The monoisotopic (exact) mass is 259 g/mol. The topological polar surface area (TPSA) is 3.24 Å². The van der Waals surface area contributed by atoms with Gasteiger partial charge in [-0.2, -0.15) is 0 Å². The van der Waals surface area contributed by atoms with Crippen LogP contribution in [0.1, 0.15) is 40.5 Å². The van der Waals surface area contributed by atoms with Crippen molar-refractivity contribution >= 4 is 0 Å². The van der Waals surface area contributed by atoms with Crippen molar-refractivity contribution in [3.05, 3.63) is 48.1 Å². The Hall–Kier alpha value is -1.08. The van der Waals surface area contributed by atoms with E-state index in [4.69, 9.17) is 0 Å². The van der Waals surface area contributed by atoms with E-state index in [1.807, 2.05) is 0 Å². The summed E-state index contributed by atoms with van der Waals surface area (Å²) in [4.78, 5) is 2.61. The molecular formula is C18H29N. The minimum atomic E-state index is 0.543. The molecule has 0 aromatic heterocycles. The van der Waals surface area contributed by atoms with Crippen LogP contribution in [-0.4, -0.2) is 24.0 Å². The van der Waals surface area contributed by atoms with Crippen LogP contribution in [0, 0.1) is 5.92 Å². The highest BCUT2D eigenvalue weighted by molar-refractivity contribution is 5.27. The molecule has 0 aromatic rings. The van der Waals surface area contributed by atoms with E-state index in [0.717, 1.165) is 0 Å². The molecule has 1 fully saturated rings. The minimum Gasteiger partial charge on any atom is -0.296 e. The lowest BCUT2D eigenvalue weighted by Crippen LogP contribution is -2.49. The Morgan fingerprint density at radius 2 is 1.84 bits per heavy atom. The minimum absolute atomic E-state index is 0.543. The molecule has 0 aliphatic carbocycles. The van der Waals surface area contributed by atoms with Gasteiger partial charge in [0.2, 0.25) is 0 Å². The summed E-state index contributed by atoms with van der Waals surface area (Å²) in [6, 6.07) is 0.543. The molecule has 1 nitrogen and oxygen atoms in total. The van der Waals surface area contributed by atoms with E-state index in [2.05, 4.69) is 75.1 Å². The average Bonchev–Trinajstić information content (AvgIpc) is 2.37. The second-order valence-corrected chi connectivity index (χ2v) is 5.11. The third kappa shape index (κ3) is 4.50. The van der Waals surface area contributed by atoms with Crippen molar-refractivity contribution in [3.63, 3.8) is 0 Å². The van der Waals surface area contributed by atoms with Gasteiger partial charge in [0.05, 0.1) is 0 Å². The molecule has 19 heavy (non-hydrogen) atoms. The Bertz CT molecular complexity index is 356. The maximum Gasteiger partial charge on any atom is 0.0407 e. The molecule has 0 bridgehead atoms. The first-order valence-electron chi connectivity index (χ1n) is 7.60. The molecule has 1 aliphatic heterocycles. The molecule has 0 saturated carbocycles. The number of rotatable bonds is 7. The van der Waals surface area contributed by atoms with E-state index in [1.165, 1.54) is 31.5 Å². The summed E-state index contributed by atoms with van der Waals surface area (Å²) >= 11 is 0. The van der Waals surface area contributed by atoms with E-state index in [9.17, 15) is 0 Å². The molecule has 1 rings (SSSR count). The van der Waals surface area contributed by atoms with Crippen LogP contribution in [0.25, 0.3) is 0 Å². The number of likely N-dealkylation sites (tertiary alicyclic amines) is 1. The highest BCUT2D eigenvalue weighted by Crippen LogP contribution is 2.28. The fraction of sp³-hybridized carbons (Fsp3) is 0.556. The van der Waals surface area contributed by atoms with Crippen molar-refractivity contribution in [3.8, 4) is 0 Å². The normalized spacial score (nSPS) is 21.4. The van der Waals surface area contributed by atoms with Crippen molar-refractivity contribution in [1.29, 1.82) is 0 Å². The smallest absolute Gasteiger partial charge is 0.0407 e. The van der Waals surface area contributed by atoms with Crippen LogP contribution in [0.5, 0.6) is 0 Å². The molecule has 0 radical (unpaired) electrons. The van der Waals surface area contributed by atoms with Gasteiger partial charge in [0.25, 0.3) is 0 Å². The summed E-state index contributed by atoms with van der Waals surface area (Å²) in [5, 5.41) is 0. The van der Waals surface area contributed by atoms with Gasteiger partial charge in [0.1, 0.15) is 0 Å². The largest absolute Gasteiger partial charge is 0.296 e. The lowest BCUT2D eigenvalue weighted by atomic mass is 9.86. The van der Waals surface area contributed by atoms with Gasteiger partial charge in [-0.05, 0) is 58.2 Å². The number of hydrogen-bond acceptors (Lipinski definition) is 1. The van der Waals surface area contributed by atoms with Gasteiger partial charge in [0.15, 0.2) is 0 Å². The molecule has 1 aliphatic rings. The first kappa shape index (κ1) is 16.0. The quantitative estimate of drug-likeness (QED) is 0.597. The highest BCUT2D eigenvalue weighted by atomic mass is 15.2. The molecule has 1 heterocycles. The van der Waals surface area contributed by atoms with Gasteiger partial charge < -0.3 is 0 Å². The van der Waals surface area contributed by atoms with Crippen LogP contribution in [0.2, 0.25) is 0 Å². The summed E-state index contributed by atoms with van der Waals surface area (Å²) in [5.74, 6) is 0.596. The summed E-state index contributed by atoms with van der Waals surface area (Å²) < 4.78 is 0. The zero-order chi connectivity index (χ0) is 14.1. The van der Waals surface area contributed by atoms with Crippen LogP contribution >= 0.6 is 0 Å². The lowest BCUT2D eigenvalue weighted by Gasteiger charge is -2.42. The standard InChI is InChI=1S/C18H29N/c1-5-9-10-13-17(8-4)18(19-14-11-15-19)16(7-3)12-6-2/h5-7,9-10,12-13,17-18H,8,11,14-15H2,1-4H3/b9-5-,12-6-,13-10-,16-7+. The Labute approximate surface area is 119 Å². The molecule has 0 spiro atoms. The Balaban J connectivity index is 2.92. The van der Waals surface area contributed by atoms with Gasteiger partial charge in [-0.1, -0.05) is 49.5 Å². The Kier molecular flexibility index (Phi) is 7.50. The Morgan fingerprint density at radius 3 is 2.26 bits per heavy atom.